The van der Waals surface area contributed by atoms with Gasteiger partial charge in [-0.15, -0.1) is 11.8 Å². The summed E-state index contributed by atoms with van der Waals surface area (Å²) in [5.74, 6) is 0.730. The first-order chi connectivity index (χ1) is 13.5. The summed E-state index contributed by atoms with van der Waals surface area (Å²) in [6.07, 6.45) is 1.52. The molecule has 5 nitrogen and oxygen atoms in total. The zero-order chi connectivity index (χ0) is 20.0. The molecule has 0 unspecified atom stereocenters. The number of carbonyl (C=O) groups is 1. The van der Waals surface area contributed by atoms with E-state index in [1.54, 1.807) is 40.3 Å². The Morgan fingerprint density at radius 1 is 1.07 bits per heavy atom. The molecule has 1 saturated heterocycles. The maximum Gasteiger partial charge on any atom is 0.243 e. The van der Waals surface area contributed by atoms with Gasteiger partial charge in [-0.05, 0) is 49.4 Å². The second-order valence-electron chi connectivity index (χ2n) is 7.02. The summed E-state index contributed by atoms with van der Waals surface area (Å²) in [5.41, 5.74) is 1.17. The molecule has 28 heavy (non-hydrogen) atoms. The molecule has 1 heterocycles. The third-order valence-electron chi connectivity index (χ3n) is 4.99. The van der Waals surface area contributed by atoms with Crippen LogP contribution < -0.4 is 5.32 Å². The highest BCUT2D eigenvalue weighted by molar-refractivity contribution is 8.00. The van der Waals surface area contributed by atoms with Crippen LogP contribution in [0.5, 0.6) is 0 Å². The lowest BCUT2D eigenvalue weighted by Gasteiger charge is -2.31. The number of sulfonamides is 1. The Bertz CT molecular complexity index is 893. The number of amides is 1. The maximum absolute atomic E-state index is 12.7. The van der Waals surface area contributed by atoms with Crippen LogP contribution in [0.2, 0.25) is 0 Å². The Labute approximate surface area is 171 Å². The Balaban J connectivity index is 1.42. The number of aryl methyl sites for hydroxylation is 1. The molecule has 150 valence electrons. The molecule has 2 aromatic rings. The van der Waals surface area contributed by atoms with Crippen molar-refractivity contribution < 1.29 is 13.2 Å². The topological polar surface area (TPSA) is 66.5 Å². The van der Waals surface area contributed by atoms with Gasteiger partial charge < -0.3 is 5.32 Å². The van der Waals surface area contributed by atoms with E-state index in [2.05, 4.69) is 5.32 Å². The van der Waals surface area contributed by atoms with Gasteiger partial charge in [0, 0.05) is 24.5 Å². The van der Waals surface area contributed by atoms with Crippen LogP contribution in [0, 0.1) is 12.8 Å². The molecule has 1 amide bonds. The van der Waals surface area contributed by atoms with Crippen molar-refractivity contribution in [3.05, 3.63) is 60.2 Å². The molecule has 0 spiro atoms. The van der Waals surface area contributed by atoms with Gasteiger partial charge in [0.2, 0.25) is 15.9 Å². The molecule has 0 aliphatic carbocycles. The van der Waals surface area contributed by atoms with Crippen LogP contribution in [0.15, 0.2) is 64.4 Å². The Morgan fingerprint density at radius 3 is 2.39 bits per heavy atom. The first kappa shape index (κ1) is 20.9. The van der Waals surface area contributed by atoms with Crippen LogP contribution in [0.25, 0.3) is 0 Å². The molecular weight excluding hydrogens is 392 g/mol. The summed E-state index contributed by atoms with van der Waals surface area (Å²) in [4.78, 5) is 13.6. The van der Waals surface area contributed by atoms with E-state index in [1.165, 1.54) is 5.56 Å². The van der Waals surface area contributed by atoms with E-state index < -0.39 is 10.0 Å². The van der Waals surface area contributed by atoms with Crippen LogP contribution >= 0.6 is 11.8 Å². The number of thioether (sulfide) groups is 1. The number of nitrogens with one attached hydrogen (secondary N) is 1. The number of carbonyl (C=O) groups excluding carboxylic acids is 1. The van der Waals surface area contributed by atoms with Crippen molar-refractivity contribution in [3.63, 3.8) is 0 Å². The fourth-order valence-corrected chi connectivity index (χ4v) is 5.62. The molecule has 0 aromatic heterocycles. The van der Waals surface area contributed by atoms with Gasteiger partial charge in [0.1, 0.15) is 0 Å². The van der Waals surface area contributed by atoms with Crippen LogP contribution in [-0.2, 0) is 14.8 Å². The quantitative estimate of drug-likeness (QED) is 0.701. The molecule has 0 atom stereocenters. The standard InChI is InChI=1S/C21H26N2O3S2/c1-17-7-5-6-10-20(17)27-16-21(24)22-15-18-11-13-23(14-12-18)28(25,26)19-8-3-2-4-9-19/h2-10,18H,11-16H2,1H3,(H,22,24). The fourth-order valence-electron chi connectivity index (χ4n) is 3.27. The van der Waals surface area contributed by atoms with Crippen molar-refractivity contribution >= 4 is 27.7 Å². The van der Waals surface area contributed by atoms with E-state index >= 15 is 0 Å². The van der Waals surface area contributed by atoms with Gasteiger partial charge in [-0.25, -0.2) is 8.42 Å². The van der Waals surface area contributed by atoms with Crippen molar-refractivity contribution in [1.82, 2.24) is 9.62 Å². The predicted octanol–water partition coefficient (Wildman–Crippen LogP) is 3.30. The summed E-state index contributed by atoms with van der Waals surface area (Å²) in [6.45, 7) is 3.63. The lowest BCUT2D eigenvalue weighted by Crippen LogP contribution is -2.41. The summed E-state index contributed by atoms with van der Waals surface area (Å²) in [7, 11) is -3.42. The van der Waals surface area contributed by atoms with Crippen LogP contribution in [0.4, 0.5) is 0 Å². The number of benzene rings is 2. The molecule has 1 aliphatic rings. The molecular formula is C21H26N2O3S2. The number of hydrogen-bond donors (Lipinski definition) is 1. The molecule has 7 heteroatoms. The number of hydrogen-bond acceptors (Lipinski definition) is 4. The highest BCUT2D eigenvalue weighted by atomic mass is 32.2. The maximum atomic E-state index is 12.7. The third-order valence-corrected chi connectivity index (χ3v) is 8.08. The molecule has 1 fully saturated rings. The lowest BCUT2D eigenvalue weighted by molar-refractivity contribution is -0.118. The van der Waals surface area contributed by atoms with E-state index in [1.807, 2.05) is 37.3 Å². The summed E-state index contributed by atoms with van der Waals surface area (Å²) < 4.78 is 26.9. The van der Waals surface area contributed by atoms with Gasteiger partial charge in [-0.3, -0.25) is 4.79 Å². The summed E-state index contributed by atoms with van der Waals surface area (Å²) in [5, 5.41) is 3.00. The van der Waals surface area contributed by atoms with Gasteiger partial charge in [0.25, 0.3) is 0 Å². The lowest BCUT2D eigenvalue weighted by atomic mass is 9.98. The van der Waals surface area contributed by atoms with E-state index in [0.29, 0.717) is 36.2 Å². The third kappa shape index (κ3) is 5.37. The van der Waals surface area contributed by atoms with Crippen LogP contribution in [-0.4, -0.2) is 44.0 Å². The number of piperidine rings is 1. The SMILES string of the molecule is Cc1ccccc1SCC(=O)NCC1CCN(S(=O)(=O)c2ccccc2)CC1. The van der Waals surface area contributed by atoms with Gasteiger partial charge in [-0.1, -0.05) is 36.4 Å². The first-order valence-corrected chi connectivity index (χ1v) is 11.9. The molecule has 1 aliphatic heterocycles. The Morgan fingerprint density at radius 2 is 1.71 bits per heavy atom. The van der Waals surface area contributed by atoms with Gasteiger partial charge in [0.05, 0.1) is 10.6 Å². The van der Waals surface area contributed by atoms with Crippen LogP contribution in [0.1, 0.15) is 18.4 Å². The predicted molar refractivity (Wildman–Crippen MR) is 113 cm³/mol. The number of rotatable bonds is 7. The van der Waals surface area contributed by atoms with Crippen molar-refractivity contribution in [2.75, 3.05) is 25.4 Å². The normalized spacial score (nSPS) is 16.0. The zero-order valence-electron chi connectivity index (χ0n) is 16.0. The van der Waals surface area contributed by atoms with E-state index in [-0.39, 0.29) is 5.91 Å². The highest BCUT2D eigenvalue weighted by Gasteiger charge is 2.29. The van der Waals surface area contributed by atoms with E-state index in [9.17, 15) is 13.2 Å². The molecule has 2 aromatic carbocycles. The summed E-state index contributed by atoms with van der Waals surface area (Å²) >= 11 is 1.54. The second-order valence-corrected chi connectivity index (χ2v) is 9.97. The minimum absolute atomic E-state index is 0.0209. The minimum atomic E-state index is -3.42. The Hall–Kier alpha value is -1.83. The van der Waals surface area contributed by atoms with Gasteiger partial charge >= 0.3 is 0 Å². The fraction of sp³-hybridized carbons (Fsp3) is 0.381. The minimum Gasteiger partial charge on any atom is -0.355 e. The van der Waals surface area contributed by atoms with Gasteiger partial charge in [-0.2, -0.15) is 4.31 Å². The van der Waals surface area contributed by atoms with E-state index in [4.69, 9.17) is 0 Å². The monoisotopic (exact) mass is 418 g/mol. The van der Waals surface area contributed by atoms with E-state index in [0.717, 1.165) is 17.7 Å². The molecule has 3 rings (SSSR count). The molecule has 1 N–H and O–H groups in total. The first-order valence-electron chi connectivity index (χ1n) is 9.47. The highest BCUT2D eigenvalue weighted by Crippen LogP contribution is 2.24. The average Bonchev–Trinajstić information content (AvgIpc) is 2.72. The van der Waals surface area contributed by atoms with Crippen molar-refractivity contribution in [1.29, 1.82) is 0 Å². The van der Waals surface area contributed by atoms with Crippen molar-refractivity contribution in [3.8, 4) is 0 Å². The molecule has 0 bridgehead atoms. The molecule has 0 saturated carbocycles. The van der Waals surface area contributed by atoms with Crippen molar-refractivity contribution in [2.45, 2.75) is 29.6 Å². The molecule has 0 radical (unpaired) electrons. The zero-order valence-corrected chi connectivity index (χ0v) is 17.6. The summed E-state index contributed by atoms with van der Waals surface area (Å²) in [6, 6.07) is 16.6. The number of nitrogens with zero attached hydrogens (tertiary/aromatic N) is 1. The van der Waals surface area contributed by atoms with Crippen LogP contribution in [0.3, 0.4) is 0 Å². The van der Waals surface area contributed by atoms with Gasteiger partial charge in [0.15, 0.2) is 0 Å². The second kappa shape index (κ2) is 9.58. The average molecular weight is 419 g/mol. The Kier molecular flexibility index (Phi) is 7.15. The largest absolute Gasteiger partial charge is 0.355 e. The smallest absolute Gasteiger partial charge is 0.243 e. The van der Waals surface area contributed by atoms with Crippen molar-refractivity contribution in [2.24, 2.45) is 5.92 Å².